The summed E-state index contributed by atoms with van der Waals surface area (Å²) in [5.74, 6) is 0.480. The van der Waals surface area contributed by atoms with Crippen LogP contribution in [0.2, 0.25) is 0 Å². The summed E-state index contributed by atoms with van der Waals surface area (Å²) < 4.78 is 25.0. The van der Waals surface area contributed by atoms with Crippen LogP contribution in [0.4, 0.5) is 10.1 Å². The van der Waals surface area contributed by atoms with Crippen LogP contribution in [0.1, 0.15) is 49.5 Å². The van der Waals surface area contributed by atoms with Crippen LogP contribution in [-0.2, 0) is 4.79 Å². The van der Waals surface area contributed by atoms with Crippen LogP contribution in [0.5, 0.6) is 11.5 Å². The average molecular weight is 445 g/mol. The first-order valence-corrected chi connectivity index (χ1v) is 10.8. The highest BCUT2D eigenvalue weighted by Gasteiger charge is 2.43. The molecule has 1 spiro atoms. The second-order valence-electron chi connectivity index (χ2n) is 8.64. The van der Waals surface area contributed by atoms with Crippen LogP contribution in [0.25, 0.3) is 0 Å². The third kappa shape index (κ3) is 4.72. The number of aliphatic hydroxyl groups is 2. The van der Waals surface area contributed by atoms with Crippen molar-refractivity contribution in [2.24, 2.45) is 0 Å². The molecular formula is C24H29FN2O5. The second kappa shape index (κ2) is 9.05. The molecule has 1 saturated heterocycles. The smallest absolute Gasteiger partial charge is 0.221 e. The van der Waals surface area contributed by atoms with E-state index in [0.717, 1.165) is 0 Å². The zero-order valence-electron chi connectivity index (χ0n) is 18.3. The number of aliphatic hydroxyl groups excluding tert-OH is 2. The summed E-state index contributed by atoms with van der Waals surface area (Å²) in [5, 5.41) is 24.1. The van der Waals surface area contributed by atoms with Crippen LogP contribution in [-0.4, -0.2) is 53.4 Å². The first-order valence-electron chi connectivity index (χ1n) is 10.8. The second-order valence-corrected chi connectivity index (χ2v) is 8.64. The lowest BCUT2D eigenvalue weighted by molar-refractivity contribution is -0.114. The van der Waals surface area contributed by atoms with Crippen molar-refractivity contribution < 1.29 is 28.9 Å². The minimum Gasteiger partial charge on any atom is -0.495 e. The van der Waals surface area contributed by atoms with Gasteiger partial charge >= 0.3 is 0 Å². The summed E-state index contributed by atoms with van der Waals surface area (Å²) in [7, 11) is 1.53. The number of amides is 1. The van der Waals surface area contributed by atoms with Crippen molar-refractivity contribution in [3.05, 3.63) is 53.3 Å². The van der Waals surface area contributed by atoms with E-state index in [1.54, 1.807) is 24.3 Å². The van der Waals surface area contributed by atoms with Crippen molar-refractivity contribution in [1.82, 2.24) is 4.90 Å². The van der Waals surface area contributed by atoms with Gasteiger partial charge in [-0.2, -0.15) is 0 Å². The van der Waals surface area contributed by atoms with Crippen molar-refractivity contribution >= 4 is 11.6 Å². The molecule has 0 radical (unpaired) electrons. The van der Waals surface area contributed by atoms with Crippen LogP contribution < -0.4 is 14.8 Å². The Morgan fingerprint density at radius 1 is 1.31 bits per heavy atom. The van der Waals surface area contributed by atoms with E-state index in [9.17, 15) is 19.4 Å². The molecule has 2 aromatic carbocycles. The molecule has 8 heteroatoms. The molecule has 2 atom stereocenters. The van der Waals surface area contributed by atoms with Gasteiger partial charge < -0.3 is 29.9 Å². The summed E-state index contributed by atoms with van der Waals surface area (Å²) >= 11 is 0. The number of ether oxygens (including phenoxy) is 2. The fourth-order valence-electron chi connectivity index (χ4n) is 4.63. The highest BCUT2D eigenvalue weighted by atomic mass is 19.1. The Hall–Kier alpha value is -2.68. The van der Waals surface area contributed by atoms with Gasteiger partial charge in [-0.3, -0.25) is 4.79 Å². The van der Waals surface area contributed by atoms with Gasteiger partial charge in [-0.05, 0) is 48.7 Å². The van der Waals surface area contributed by atoms with E-state index in [1.807, 2.05) is 0 Å². The predicted octanol–water partition coefficient (Wildman–Crippen LogP) is 3.18. The number of anilines is 1. The molecule has 0 aromatic heterocycles. The number of β-amino-alcohol motifs (C(OH)–C–C–N with tert-alkyl or cyclic N) is 1. The molecule has 0 bridgehead atoms. The van der Waals surface area contributed by atoms with Crippen molar-refractivity contribution in [1.29, 1.82) is 0 Å². The molecule has 2 aliphatic rings. The van der Waals surface area contributed by atoms with Crippen LogP contribution in [0, 0.1) is 5.82 Å². The Balaban J connectivity index is 1.39. The number of carbonyl (C=O) groups is 1. The third-order valence-electron chi connectivity index (χ3n) is 6.34. The molecule has 2 heterocycles. The Morgan fingerprint density at radius 2 is 2.06 bits per heavy atom. The molecule has 7 nitrogen and oxygen atoms in total. The van der Waals surface area contributed by atoms with Gasteiger partial charge in [0.25, 0.3) is 0 Å². The molecule has 2 aliphatic heterocycles. The number of carbonyl (C=O) groups excluding carboxylic acids is 1. The molecule has 4 rings (SSSR count). The zero-order valence-corrected chi connectivity index (χ0v) is 18.3. The Kier molecular flexibility index (Phi) is 6.37. The summed E-state index contributed by atoms with van der Waals surface area (Å²) in [4.78, 5) is 13.6. The van der Waals surface area contributed by atoms with Gasteiger partial charge in [0.05, 0.1) is 25.0 Å². The average Bonchev–Trinajstić information content (AvgIpc) is 2.76. The summed E-state index contributed by atoms with van der Waals surface area (Å²) in [5.41, 5.74) is 1.23. The predicted molar refractivity (Wildman–Crippen MR) is 117 cm³/mol. The van der Waals surface area contributed by atoms with Crippen molar-refractivity contribution in [2.75, 3.05) is 32.1 Å². The number of hydrogen-bond donors (Lipinski definition) is 3. The van der Waals surface area contributed by atoms with E-state index in [0.29, 0.717) is 67.2 Å². The maximum absolute atomic E-state index is 13.5. The van der Waals surface area contributed by atoms with Crippen LogP contribution in [0.15, 0.2) is 36.4 Å². The lowest BCUT2D eigenvalue weighted by Gasteiger charge is -2.46. The van der Waals surface area contributed by atoms with E-state index >= 15 is 0 Å². The lowest BCUT2D eigenvalue weighted by Crippen LogP contribution is -2.51. The van der Waals surface area contributed by atoms with Crippen molar-refractivity contribution in [3.63, 3.8) is 0 Å². The van der Waals surface area contributed by atoms with Crippen molar-refractivity contribution in [2.45, 2.75) is 44.0 Å². The summed E-state index contributed by atoms with van der Waals surface area (Å²) in [6.07, 6.45) is 0.348. The van der Waals surface area contributed by atoms with Gasteiger partial charge in [0, 0.05) is 38.5 Å². The van der Waals surface area contributed by atoms with Crippen LogP contribution >= 0.6 is 0 Å². The number of nitrogens with one attached hydrogen (secondary N) is 1. The quantitative estimate of drug-likeness (QED) is 0.656. The number of benzene rings is 2. The number of methoxy groups -OCH3 is 1. The van der Waals surface area contributed by atoms with Gasteiger partial charge in [-0.1, -0.05) is 6.07 Å². The molecule has 1 amide bonds. The van der Waals surface area contributed by atoms with Gasteiger partial charge in [0.2, 0.25) is 5.91 Å². The van der Waals surface area contributed by atoms with Gasteiger partial charge in [0.15, 0.2) is 0 Å². The minimum atomic E-state index is -0.752. The Labute approximate surface area is 186 Å². The SMILES string of the molecule is COc1ccc([C@H](O)CN2CCC3(CC2)C[C@H](O)c2cc(F)ccc2O3)cc1NC(C)=O. The topological polar surface area (TPSA) is 91.3 Å². The van der Waals surface area contributed by atoms with Crippen molar-refractivity contribution in [3.8, 4) is 11.5 Å². The maximum atomic E-state index is 13.5. The summed E-state index contributed by atoms with van der Waals surface area (Å²) in [6, 6.07) is 9.51. The summed E-state index contributed by atoms with van der Waals surface area (Å²) in [6.45, 7) is 3.27. The molecule has 172 valence electrons. The fourth-order valence-corrected chi connectivity index (χ4v) is 4.63. The number of piperidine rings is 1. The lowest BCUT2D eigenvalue weighted by atomic mass is 9.81. The minimum absolute atomic E-state index is 0.213. The number of hydrogen-bond acceptors (Lipinski definition) is 6. The molecule has 2 aromatic rings. The number of halogens is 1. The van der Waals surface area contributed by atoms with Crippen LogP contribution in [0.3, 0.4) is 0 Å². The number of fused-ring (bicyclic) bond motifs is 1. The Morgan fingerprint density at radius 3 is 2.75 bits per heavy atom. The highest BCUT2D eigenvalue weighted by Crippen LogP contribution is 2.44. The normalized spacial score (nSPS) is 20.8. The van der Waals surface area contributed by atoms with E-state index in [4.69, 9.17) is 9.47 Å². The molecule has 1 fully saturated rings. The standard InChI is InChI=1S/C24H29FN2O5/c1-15(28)26-19-11-16(3-5-23(19)31-2)21(30)14-27-9-7-24(8-10-27)13-20(29)18-12-17(25)4-6-22(18)32-24/h3-6,11-12,20-21,29-30H,7-10,13-14H2,1-2H3,(H,26,28)/t20-,21+/m0/s1. The molecule has 3 N–H and O–H groups in total. The van der Waals surface area contributed by atoms with E-state index in [-0.39, 0.29) is 11.7 Å². The molecule has 0 saturated carbocycles. The Bertz CT molecular complexity index is 990. The van der Waals surface area contributed by atoms with Gasteiger partial charge in [0.1, 0.15) is 22.9 Å². The maximum Gasteiger partial charge on any atom is 0.221 e. The molecular weight excluding hydrogens is 415 g/mol. The fraction of sp³-hybridized carbons (Fsp3) is 0.458. The van der Waals surface area contributed by atoms with E-state index in [2.05, 4.69) is 10.2 Å². The third-order valence-corrected chi connectivity index (χ3v) is 6.34. The first-order chi connectivity index (χ1) is 15.3. The number of nitrogens with zero attached hydrogens (tertiary/aromatic N) is 1. The first kappa shape index (κ1) is 22.5. The highest BCUT2D eigenvalue weighted by molar-refractivity contribution is 5.90. The largest absolute Gasteiger partial charge is 0.495 e. The molecule has 0 unspecified atom stereocenters. The number of likely N-dealkylation sites (tertiary alicyclic amines) is 1. The monoisotopic (exact) mass is 444 g/mol. The number of rotatable bonds is 5. The van der Waals surface area contributed by atoms with Gasteiger partial charge in [-0.25, -0.2) is 4.39 Å². The molecule has 0 aliphatic carbocycles. The van der Waals surface area contributed by atoms with Gasteiger partial charge in [-0.15, -0.1) is 0 Å². The molecule has 32 heavy (non-hydrogen) atoms. The van der Waals surface area contributed by atoms with E-state index < -0.39 is 17.8 Å². The zero-order chi connectivity index (χ0) is 22.9. The van der Waals surface area contributed by atoms with E-state index in [1.165, 1.54) is 26.2 Å².